The summed E-state index contributed by atoms with van der Waals surface area (Å²) in [5, 5.41) is 6.73. The number of ether oxygens (including phenoxy) is 1. The molecule has 2 N–H and O–H groups in total. The van der Waals surface area contributed by atoms with E-state index in [1.807, 2.05) is 25.1 Å². The van der Waals surface area contributed by atoms with Gasteiger partial charge in [0.15, 0.2) is 5.96 Å². The van der Waals surface area contributed by atoms with Gasteiger partial charge in [-0.1, -0.05) is 42.5 Å². The second-order valence-electron chi connectivity index (χ2n) is 7.21. The molecule has 0 bridgehead atoms. The number of carbonyl (C=O) groups excluding carboxylic acids is 1. The van der Waals surface area contributed by atoms with E-state index in [2.05, 4.69) is 52.9 Å². The van der Waals surface area contributed by atoms with Crippen molar-refractivity contribution in [1.82, 2.24) is 15.5 Å². The zero-order chi connectivity index (χ0) is 21.2. The van der Waals surface area contributed by atoms with Crippen LogP contribution in [0.25, 0.3) is 0 Å². The van der Waals surface area contributed by atoms with Crippen molar-refractivity contribution in [1.29, 1.82) is 0 Å². The van der Waals surface area contributed by atoms with Gasteiger partial charge in [0.25, 0.3) is 0 Å². The Labute approximate surface area is 174 Å². The molecule has 29 heavy (non-hydrogen) atoms. The van der Waals surface area contributed by atoms with Gasteiger partial charge in [0.2, 0.25) is 5.91 Å². The Kier molecular flexibility index (Phi) is 8.52. The number of benzene rings is 2. The van der Waals surface area contributed by atoms with E-state index in [0.29, 0.717) is 12.5 Å². The molecule has 0 fully saturated rings. The average Bonchev–Trinajstić information content (AvgIpc) is 2.73. The molecule has 0 saturated carbocycles. The molecule has 1 atom stereocenters. The Hall–Kier alpha value is -3.02. The number of aryl methyl sites for hydroxylation is 1. The first-order valence-electron chi connectivity index (χ1n) is 9.84. The number of hydrogen-bond donors (Lipinski definition) is 2. The summed E-state index contributed by atoms with van der Waals surface area (Å²) in [6.07, 6.45) is 0.818. The first kappa shape index (κ1) is 22.3. The first-order chi connectivity index (χ1) is 13.9. The Morgan fingerprint density at radius 3 is 2.55 bits per heavy atom. The topological polar surface area (TPSA) is 66.0 Å². The molecule has 0 aliphatic heterocycles. The molecular formula is C23H32N4O2. The van der Waals surface area contributed by atoms with E-state index in [9.17, 15) is 4.79 Å². The van der Waals surface area contributed by atoms with Crippen LogP contribution in [-0.2, 0) is 11.2 Å². The van der Waals surface area contributed by atoms with Crippen molar-refractivity contribution in [3.63, 3.8) is 0 Å². The minimum absolute atomic E-state index is 0.0401. The summed E-state index contributed by atoms with van der Waals surface area (Å²) < 4.78 is 5.40. The summed E-state index contributed by atoms with van der Waals surface area (Å²) >= 11 is 0. The van der Waals surface area contributed by atoms with Gasteiger partial charge in [-0.2, -0.15) is 0 Å². The largest absolute Gasteiger partial charge is 0.496 e. The van der Waals surface area contributed by atoms with Crippen molar-refractivity contribution < 1.29 is 9.53 Å². The van der Waals surface area contributed by atoms with Crippen molar-refractivity contribution >= 4 is 11.9 Å². The first-order valence-corrected chi connectivity index (χ1v) is 9.84. The Bertz CT molecular complexity index is 819. The summed E-state index contributed by atoms with van der Waals surface area (Å²) in [5.41, 5.74) is 3.45. The summed E-state index contributed by atoms with van der Waals surface area (Å²) in [4.78, 5) is 18.0. The number of guanidine groups is 1. The van der Waals surface area contributed by atoms with Crippen LogP contribution in [0.5, 0.6) is 5.75 Å². The molecule has 2 rings (SSSR count). The van der Waals surface area contributed by atoms with Crippen molar-refractivity contribution in [3.8, 4) is 5.75 Å². The van der Waals surface area contributed by atoms with E-state index in [-0.39, 0.29) is 18.5 Å². The number of amides is 1. The smallest absolute Gasteiger partial charge is 0.243 e. The fourth-order valence-electron chi connectivity index (χ4n) is 2.82. The minimum atomic E-state index is -0.0401. The van der Waals surface area contributed by atoms with Crippen molar-refractivity contribution in [2.45, 2.75) is 26.3 Å². The van der Waals surface area contributed by atoms with E-state index < -0.39 is 0 Å². The zero-order valence-corrected chi connectivity index (χ0v) is 18.0. The van der Waals surface area contributed by atoms with Gasteiger partial charge in [-0.15, -0.1) is 0 Å². The number of methoxy groups -OCH3 is 1. The molecule has 6 nitrogen and oxygen atoms in total. The van der Waals surface area contributed by atoms with Gasteiger partial charge in [-0.05, 0) is 43.0 Å². The third-order valence-corrected chi connectivity index (χ3v) is 4.70. The maximum absolute atomic E-state index is 12.0. The fourth-order valence-corrected chi connectivity index (χ4v) is 2.82. The molecule has 0 aliphatic rings. The van der Waals surface area contributed by atoms with Crippen LogP contribution in [0.4, 0.5) is 0 Å². The van der Waals surface area contributed by atoms with Crippen LogP contribution in [0.2, 0.25) is 0 Å². The number of aliphatic imine (C=N–C) groups is 1. The number of rotatable bonds is 8. The molecule has 2 aromatic rings. The summed E-state index contributed by atoms with van der Waals surface area (Å²) in [7, 11) is 5.15. The predicted molar refractivity (Wildman–Crippen MR) is 118 cm³/mol. The van der Waals surface area contributed by atoms with E-state index in [0.717, 1.165) is 23.3 Å². The van der Waals surface area contributed by atoms with Crippen LogP contribution in [0, 0.1) is 6.92 Å². The number of carbonyl (C=O) groups is 1. The van der Waals surface area contributed by atoms with Crippen molar-refractivity contribution in [3.05, 3.63) is 65.2 Å². The van der Waals surface area contributed by atoms with Gasteiger partial charge in [-0.3, -0.25) is 4.79 Å². The number of likely N-dealkylation sites (N-methyl/N-ethyl adjacent to an activating group) is 1. The van der Waals surface area contributed by atoms with Crippen molar-refractivity contribution in [2.75, 3.05) is 34.3 Å². The van der Waals surface area contributed by atoms with Gasteiger partial charge in [0.1, 0.15) is 12.3 Å². The van der Waals surface area contributed by atoms with Crippen LogP contribution in [-0.4, -0.2) is 51.1 Å². The standard InChI is InChI=1S/C23H32N4O2/c1-17-11-12-19(15-21(17)29-5)13-14-24-23(25-16-22(28)27(3)4)26-18(2)20-9-7-6-8-10-20/h6-12,15,18H,13-14,16H2,1-5H3,(H2,24,25,26). The summed E-state index contributed by atoms with van der Waals surface area (Å²) in [5.74, 6) is 1.47. The number of hydrogen-bond acceptors (Lipinski definition) is 3. The van der Waals surface area contributed by atoms with Gasteiger partial charge in [0, 0.05) is 20.6 Å². The molecule has 0 aliphatic carbocycles. The Morgan fingerprint density at radius 2 is 1.90 bits per heavy atom. The maximum atomic E-state index is 12.0. The maximum Gasteiger partial charge on any atom is 0.243 e. The highest BCUT2D eigenvalue weighted by Gasteiger charge is 2.10. The zero-order valence-electron chi connectivity index (χ0n) is 18.0. The Balaban J connectivity index is 2.02. The molecule has 1 amide bonds. The van der Waals surface area contributed by atoms with Crippen LogP contribution < -0.4 is 15.4 Å². The average molecular weight is 397 g/mol. The highest BCUT2D eigenvalue weighted by Crippen LogP contribution is 2.19. The van der Waals surface area contributed by atoms with E-state index in [1.54, 1.807) is 26.1 Å². The van der Waals surface area contributed by atoms with Crippen molar-refractivity contribution in [2.24, 2.45) is 4.99 Å². The minimum Gasteiger partial charge on any atom is -0.496 e. The summed E-state index contributed by atoms with van der Waals surface area (Å²) in [6, 6.07) is 16.4. The summed E-state index contributed by atoms with van der Waals surface area (Å²) in [6.45, 7) is 4.89. The normalized spacial score (nSPS) is 12.2. The molecule has 0 aromatic heterocycles. The second kappa shape index (κ2) is 11.1. The third-order valence-electron chi connectivity index (χ3n) is 4.70. The van der Waals surface area contributed by atoms with E-state index in [1.165, 1.54) is 5.56 Å². The lowest BCUT2D eigenvalue weighted by atomic mass is 10.1. The molecular weight excluding hydrogens is 364 g/mol. The highest BCUT2D eigenvalue weighted by molar-refractivity contribution is 5.85. The predicted octanol–water partition coefficient (Wildman–Crippen LogP) is 2.93. The third kappa shape index (κ3) is 7.14. The molecule has 6 heteroatoms. The van der Waals surface area contributed by atoms with Crippen LogP contribution in [0.1, 0.15) is 29.7 Å². The van der Waals surface area contributed by atoms with E-state index in [4.69, 9.17) is 4.74 Å². The van der Waals surface area contributed by atoms with Gasteiger partial charge < -0.3 is 20.3 Å². The van der Waals surface area contributed by atoms with Gasteiger partial charge in [-0.25, -0.2) is 4.99 Å². The molecule has 2 aromatic carbocycles. The van der Waals surface area contributed by atoms with E-state index >= 15 is 0 Å². The number of nitrogens with zero attached hydrogens (tertiary/aromatic N) is 2. The SMILES string of the molecule is COc1cc(CCNC(=NCC(=O)N(C)C)NC(C)c2ccccc2)ccc1C. The molecule has 156 valence electrons. The van der Waals surface area contributed by atoms with Gasteiger partial charge >= 0.3 is 0 Å². The molecule has 0 radical (unpaired) electrons. The molecule has 0 spiro atoms. The Morgan fingerprint density at radius 1 is 1.17 bits per heavy atom. The quantitative estimate of drug-likeness (QED) is 0.532. The monoisotopic (exact) mass is 396 g/mol. The second-order valence-corrected chi connectivity index (χ2v) is 7.21. The molecule has 0 saturated heterocycles. The fraction of sp³-hybridized carbons (Fsp3) is 0.391. The molecule has 1 unspecified atom stereocenters. The highest BCUT2D eigenvalue weighted by atomic mass is 16.5. The number of nitrogens with one attached hydrogen (secondary N) is 2. The lowest BCUT2D eigenvalue weighted by Gasteiger charge is -2.19. The van der Waals surface area contributed by atoms with Crippen LogP contribution in [0.3, 0.4) is 0 Å². The lowest BCUT2D eigenvalue weighted by Crippen LogP contribution is -2.40. The van der Waals surface area contributed by atoms with Crippen LogP contribution in [0.15, 0.2) is 53.5 Å². The van der Waals surface area contributed by atoms with Crippen LogP contribution >= 0.6 is 0 Å². The lowest BCUT2D eigenvalue weighted by molar-refractivity contribution is -0.127. The van der Waals surface area contributed by atoms with Gasteiger partial charge in [0.05, 0.1) is 13.2 Å². The molecule has 0 heterocycles.